The molecule has 0 bridgehead atoms. The van der Waals surface area contributed by atoms with Gasteiger partial charge in [0.15, 0.2) is 0 Å². The number of ether oxygens (including phenoxy) is 1. The Hall–Kier alpha value is -1.49. The van der Waals surface area contributed by atoms with Crippen molar-refractivity contribution in [3.05, 3.63) is 29.0 Å². The van der Waals surface area contributed by atoms with Gasteiger partial charge in [0, 0.05) is 11.5 Å². The second-order valence-corrected chi connectivity index (χ2v) is 5.30. The predicted octanol–water partition coefficient (Wildman–Crippen LogP) is 3.41. The van der Waals surface area contributed by atoms with E-state index >= 15 is 0 Å². The maximum absolute atomic E-state index is 12.9. The first-order valence-corrected chi connectivity index (χ1v) is 6.30. The van der Waals surface area contributed by atoms with Crippen molar-refractivity contribution in [2.45, 2.75) is 26.7 Å². The fourth-order valence-corrected chi connectivity index (χ4v) is 1.70. The molecule has 1 aromatic rings. The van der Waals surface area contributed by atoms with E-state index in [0.717, 1.165) is 6.42 Å². The Morgan fingerprint density at radius 1 is 1.53 bits per heavy atom. The fourth-order valence-electron chi connectivity index (χ4n) is 1.53. The Morgan fingerprint density at radius 2 is 2.21 bits per heavy atom. The number of rotatable bonds is 6. The monoisotopic (exact) mass is 288 g/mol. The summed E-state index contributed by atoms with van der Waals surface area (Å²) in [4.78, 5) is 0. The molecule has 0 fully saturated rings. The van der Waals surface area contributed by atoms with Crippen molar-refractivity contribution in [3.63, 3.8) is 0 Å². The van der Waals surface area contributed by atoms with Crippen molar-refractivity contribution in [2.75, 3.05) is 6.61 Å². The van der Waals surface area contributed by atoms with Crippen LogP contribution in [-0.4, -0.2) is 17.6 Å². The van der Waals surface area contributed by atoms with Crippen molar-refractivity contribution in [2.24, 2.45) is 16.3 Å². The second-order valence-electron chi connectivity index (χ2n) is 4.90. The van der Waals surface area contributed by atoms with Crippen LogP contribution in [0.4, 0.5) is 4.39 Å². The molecule has 0 aliphatic heterocycles. The zero-order valence-electron chi connectivity index (χ0n) is 11.0. The number of oxime groups is 1. The Labute approximate surface area is 117 Å². The van der Waals surface area contributed by atoms with Gasteiger partial charge in [0.25, 0.3) is 0 Å². The summed E-state index contributed by atoms with van der Waals surface area (Å²) in [6.45, 7) is 4.22. The number of amidine groups is 1. The SMILES string of the molecule is CC(C)(CCCOc1ccc(F)c(Cl)c1)C(N)=NO. The molecule has 0 atom stereocenters. The van der Waals surface area contributed by atoms with Gasteiger partial charge in [-0.3, -0.25) is 0 Å². The third-order valence-electron chi connectivity index (χ3n) is 2.91. The minimum atomic E-state index is -0.470. The largest absolute Gasteiger partial charge is 0.494 e. The van der Waals surface area contributed by atoms with E-state index < -0.39 is 11.2 Å². The zero-order valence-corrected chi connectivity index (χ0v) is 11.7. The minimum Gasteiger partial charge on any atom is -0.494 e. The van der Waals surface area contributed by atoms with Gasteiger partial charge in [0.1, 0.15) is 17.4 Å². The van der Waals surface area contributed by atoms with Crippen LogP contribution < -0.4 is 10.5 Å². The predicted molar refractivity (Wildman–Crippen MR) is 73.3 cm³/mol. The van der Waals surface area contributed by atoms with E-state index in [1.165, 1.54) is 18.2 Å². The number of halogens is 2. The van der Waals surface area contributed by atoms with Gasteiger partial charge >= 0.3 is 0 Å². The van der Waals surface area contributed by atoms with Gasteiger partial charge in [-0.25, -0.2) is 4.39 Å². The van der Waals surface area contributed by atoms with Crippen molar-refractivity contribution in [3.8, 4) is 5.75 Å². The summed E-state index contributed by atoms with van der Waals surface area (Å²) in [7, 11) is 0. The molecular formula is C13H18ClFN2O2. The summed E-state index contributed by atoms with van der Waals surface area (Å²) in [5.74, 6) is 0.243. The molecule has 0 aliphatic rings. The third kappa shape index (κ3) is 4.59. The normalized spacial score (nSPS) is 12.5. The summed E-state index contributed by atoms with van der Waals surface area (Å²) >= 11 is 5.64. The van der Waals surface area contributed by atoms with Gasteiger partial charge in [-0.2, -0.15) is 0 Å². The first-order valence-electron chi connectivity index (χ1n) is 5.92. The molecule has 106 valence electrons. The van der Waals surface area contributed by atoms with Crippen molar-refractivity contribution in [1.82, 2.24) is 0 Å². The Kier molecular flexibility index (Phi) is 5.42. The van der Waals surface area contributed by atoms with Crippen LogP contribution in [0, 0.1) is 11.2 Å². The average molecular weight is 289 g/mol. The van der Waals surface area contributed by atoms with Crippen LogP contribution in [0.3, 0.4) is 0 Å². The molecular weight excluding hydrogens is 271 g/mol. The summed E-state index contributed by atoms with van der Waals surface area (Å²) in [6.07, 6.45) is 1.43. The molecule has 0 saturated heterocycles. The maximum Gasteiger partial charge on any atom is 0.144 e. The number of hydrogen-bond acceptors (Lipinski definition) is 3. The molecule has 0 aromatic heterocycles. The van der Waals surface area contributed by atoms with E-state index in [1.807, 2.05) is 13.8 Å². The highest BCUT2D eigenvalue weighted by Gasteiger charge is 2.22. The van der Waals surface area contributed by atoms with E-state index in [1.54, 1.807) is 0 Å². The lowest BCUT2D eigenvalue weighted by atomic mass is 9.87. The van der Waals surface area contributed by atoms with Gasteiger partial charge in [-0.05, 0) is 25.0 Å². The van der Waals surface area contributed by atoms with E-state index in [0.29, 0.717) is 18.8 Å². The Balaban J connectivity index is 2.41. The maximum atomic E-state index is 12.9. The molecule has 3 N–H and O–H groups in total. The van der Waals surface area contributed by atoms with Gasteiger partial charge in [-0.15, -0.1) is 0 Å². The van der Waals surface area contributed by atoms with Crippen molar-refractivity contribution in [1.29, 1.82) is 0 Å². The molecule has 0 heterocycles. The van der Waals surface area contributed by atoms with Crippen LogP contribution in [0.1, 0.15) is 26.7 Å². The van der Waals surface area contributed by atoms with E-state index in [-0.39, 0.29) is 10.9 Å². The topological polar surface area (TPSA) is 67.8 Å². The highest BCUT2D eigenvalue weighted by molar-refractivity contribution is 6.30. The second kappa shape index (κ2) is 6.61. The molecule has 0 unspecified atom stereocenters. The number of hydrogen-bond donors (Lipinski definition) is 2. The smallest absolute Gasteiger partial charge is 0.144 e. The zero-order chi connectivity index (χ0) is 14.5. The van der Waals surface area contributed by atoms with Gasteiger partial charge in [0.05, 0.1) is 11.6 Å². The van der Waals surface area contributed by atoms with Crippen molar-refractivity contribution >= 4 is 17.4 Å². The number of nitrogens with two attached hydrogens (primary N) is 1. The Bertz CT molecular complexity index is 464. The number of benzene rings is 1. The van der Waals surface area contributed by atoms with E-state index in [2.05, 4.69) is 5.16 Å². The summed E-state index contributed by atoms with van der Waals surface area (Å²) in [6, 6.07) is 4.22. The standard InChI is InChI=1S/C13H18ClFN2O2/c1-13(2,12(16)17-18)6-3-7-19-9-4-5-11(15)10(14)8-9/h4-5,8,18H,3,6-7H2,1-2H3,(H2,16,17). The molecule has 19 heavy (non-hydrogen) atoms. The first-order chi connectivity index (χ1) is 8.86. The molecule has 0 spiro atoms. The fraction of sp³-hybridized carbons (Fsp3) is 0.462. The lowest BCUT2D eigenvalue weighted by molar-refractivity contribution is 0.277. The highest BCUT2D eigenvalue weighted by atomic mass is 35.5. The van der Waals surface area contributed by atoms with Crippen LogP contribution in [0.2, 0.25) is 5.02 Å². The molecule has 0 radical (unpaired) electrons. The average Bonchev–Trinajstić information content (AvgIpc) is 2.37. The molecule has 4 nitrogen and oxygen atoms in total. The molecule has 1 aromatic carbocycles. The minimum absolute atomic E-state index is 0.0366. The van der Waals surface area contributed by atoms with Crippen LogP contribution in [0.25, 0.3) is 0 Å². The molecule has 0 aliphatic carbocycles. The molecule has 1 rings (SSSR count). The van der Waals surface area contributed by atoms with Crippen LogP contribution >= 0.6 is 11.6 Å². The van der Waals surface area contributed by atoms with Gasteiger partial charge in [-0.1, -0.05) is 30.6 Å². The number of nitrogens with zero attached hydrogens (tertiary/aromatic N) is 1. The summed E-state index contributed by atoms with van der Waals surface area (Å²) in [5, 5.41) is 11.7. The van der Waals surface area contributed by atoms with E-state index in [4.69, 9.17) is 27.3 Å². The third-order valence-corrected chi connectivity index (χ3v) is 3.20. The summed E-state index contributed by atoms with van der Waals surface area (Å²) < 4.78 is 18.4. The first kappa shape index (κ1) is 15.6. The molecule has 0 amide bonds. The lowest BCUT2D eigenvalue weighted by Crippen LogP contribution is -2.32. The summed E-state index contributed by atoms with van der Waals surface area (Å²) in [5.41, 5.74) is 5.19. The molecule has 6 heteroatoms. The highest BCUT2D eigenvalue weighted by Crippen LogP contribution is 2.24. The van der Waals surface area contributed by atoms with Gasteiger partial charge in [0.2, 0.25) is 0 Å². The Morgan fingerprint density at radius 3 is 2.79 bits per heavy atom. The van der Waals surface area contributed by atoms with Crippen LogP contribution in [0.15, 0.2) is 23.4 Å². The van der Waals surface area contributed by atoms with E-state index in [9.17, 15) is 4.39 Å². The van der Waals surface area contributed by atoms with Crippen molar-refractivity contribution < 1.29 is 14.3 Å². The van der Waals surface area contributed by atoms with Crippen LogP contribution in [-0.2, 0) is 0 Å². The quantitative estimate of drug-likeness (QED) is 0.277. The van der Waals surface area contributed by atoms with Gasteiger partial charge < -0.3 is 15.7 Å². The lowest BCUT2D eigenvalue weighted by Gasteiger charge is -2.22. The molecule has 0 saturated carbocycles. The van der Waals surface area contributed by atoms with Crippen LogP contribution in [0.5, 0.6) is 5.75 Å².